The third kappa shape index (κ3) is 4.71. The van der Waals surface area contributed by atoms with Gasteiger partial charge in [0.2, 0.25) is 5.91 Å². The van der Waals surface area contributed by atoms with E-state index >= 15 is 0 Å². The summed E-state index contributed by atoms with van der Waals surface area (Å²) in [4.78, 5) is 26.2. The number of sulfone groups is 1. The maximum atomic E-state index is 12.3. The Labute approximate surface area is 195 Å². The summed E-state index contributed by atoms with van der Waals surface area (Å²) in [7, 11) is -3.61. The fourth-order valence-corrected chi connectivity index (χ4v) is 6.42. The minimum absolute atomic E-state index is 0.0812. The van der Waals surface area contributed by atoms with Crippen LogP contribution in [-0.2, 0) is 21.2 Å². The number of carbonyl (C=O) groups excluding carboxylic acids is 1. The smallest absolute Gasteiger partial charge is 0.236 e. The Balaban J connectivity index is 1.75. The number of likely N-dealkylation sites (tertiary alicyclic amines) is 1. The van der Waals surface area contributed by atoms with Crippen LogP contribution in [0.4, 0.5) is 5.69 Å². The number of aromatic amines is 1. The molecule has 3 N–H and O–H groups in total. The molecule has 0 radical (unpaired) electrons. The monoisotopic (exact) mass is 488 g/mol. The molecule has 1 saturated heterocycles. The number of carbonyl (C=O) groups is 1. The lowest BCUT2D eigenvalue weighted by Crippen LogP contribution is -2.48. The van der Waals surface area contributed by atoms with Crippen LogP contribution in [0.15, 0.2) is 23.5 Å². The van der Waals surface area contributed by atoms with Gasteiger partial charge in [-0.15, -0.1) is 11.3 Å². The Morgan fingerprint density at radius 2 is 2.24 bits per heavy atom. The minimum atomic E-state index is -3.61. The number of anilines is 1. The van der Waals surface area contributed by atoms with Gasteiger partial charge in [-0.3, -0.25) is 4.79 Å². The minimum Gasteiger partial charge on any atom is -0.391 e. The zero-order valence-electron chi connectivity index (χ0n) is 18.2. The maximum absolute atomic E-state index is 12.3. The molecule has 10 nitrogen and oxygen atoms in total. The molecule has 0 unspecified atom stereocenters. The number of rotatable bonds is 6. The van der Waals surface area contributed by atoms with E-state index in [0.717, 1.165) is 35.1 Å². The van der Waals surface area contributed by atoms with Gasteiger partial charge in [0.05, 0.1) is 28.8 Å². The van der Waals surface area contributed by atoms with Crippen molar-refractivity contribution in [2.75, 3.05) is 24.7 Å². The Morgan fingerprint density at radius 3 is 2.91 bits per heavy atom. The molecule has 0 saturated carbocycles. The molecular formula is C21H24N6O4S2. The van der Waals surface area contributed by atoms with E-state index in [0.29, 0.717) is 29.3 Å². The number of hydrogen-bond donors (Lipinski definition) is 3. The number of hydrogen-bond acceptors (Lipinski definition) is 9. The summed E-state index contributed by atoms with van der Waals surface area (Å²) >= 11 is 1.11. The van der Waals surface area contributed by atoms with Gasteiger partial charge >= 0.3 is 0 Å². The molecule has 4 heterocycles. The van der Waals surface area contributed by atoms with E-state index in [1.807, 2.05) is 12.1 Å². The predicted molar refractivity (Wildman–Crippen MR) is 124 cm³/mol. The molecule has 1 amide bonds. The van der Waals surface area contributed by atoms with Crippen molar-refractivity contribution in [1.82, 2.24) is 19.9 Å². The molecule has 3 aromatic rings. The topological polar surface area (TPSA) is 152 Å². The van der Waals surface area contributed by atoms with Crippen LogP contribution in [0.2, 0.25) is 0 Å². The number of H-pyrrole nitrogens is 1. The third-order valence-corrected chi connectivity index (χ3v) is 7.81. The van der Waals surface area contributed by atoms with E-state index in [-0.39, 0.29) is 34.2 Å². The number of pyridine rings is 1. The first-order valence-electron chi connectivity index (χ1n) is 10.4. The number of fused-ring (bicyclic) bond motifs is 1. The number of nitrogens with one attached hydrogen (secondary N) is 2. The summed E-state index contributed by atoms with van der Waals surface area (Å²) in [6, 6.07) is 3.71. The van der Waals surface area contributed by atoms with Crippen molar-refractivity contribution < 1.29 is 18.3 Å². The van der Waals surface area contributed by atoms with Crippen molar-refractivity contribution in [2.45, 2.75) is 37.4 Å². The second kappa shape index (κ2) is 9.09. The van der Waals surface area contributed by atoms with Gasteiger partial charge in [0, 0.05) is 43.2 Å². The highest BCUT2D eigenvalue weighted by Crippen LogP contribution is 2.38. The first-order valence-corrected chi connectivity index (χ1v) is 13.1. The van der Waals surface area contributed by atoms with E-state index in [1.165, 1.54) is 0 Å². The van der Waals surface area contributed by atoms with Crippen molar-refractivity contribution in [3.05, 3.63) is 23.3 Å². The lowest BCUT2D eigenvalue weighted by atomic mass is 9.95. The second-order valence-corrected chi connectivity index (χ2v) is 11.3. The number of nitrogens with zero attached hydrogens (tertiary/aromatic N) is 4. The summed E-state index contributed by atoms with van der Waals surface area (Å²) in [5.41, 5.74) is 2.00. The van der Waals surface area contributed by atoms with Gasteiger partial charge in [0.15, 0.2) is 14.9 Å². The van der Waals surface area contributed by atoms with Crippen molar-refractivity contribution in [1.29, 1.82) is 5.26 Å². The molecule has 1 aliphatic heterocycles. The molecular weight excluding hydrogens is 464 g/mol. The first-order chi connectivity index (χ1) is 15.7. The van der Waals surface area contributed by atoms with Crippen LogP contribution in [0.1, 0.15) is 24.6 Å². The molecule has 0 aromatic carbocycles. The molecule has 12 heteroatoms. The Morgan fingerprint density at radius 1 is 1.45 bits per heavy atom. The summed E-state index contributed by atoms with van der Waals surface area (Å²) in [6.45, 7) is 2.68. The second-order valence-electron chi connectivity index (χ2n) is 8.28. The summed E-state index contributed by atoms with van der Waals surface area (Å²) in [5.74, 6) is 0.0477. The third-order valence-electron chi connectivity index (χ3n) is 5.56. The SMILES string of the molecule is C[C@H]1C[C@@H](Nc2c(-c3nc(S(C)(=O)=O)c(CO)s3)cnc3[nH]ccc23)CN(C(=O)CC#N)C1. The van der Waals surface area contributed by atoms with E-state index in [4.69, 9.17) is 5.26 Å². The quantitative estimate of drug-likeness (QED) is 0.477. The van der Waals surface area contributed by atoms with E-state index in [9.17, 15) is 18.3 Å². The fraction of sp³-hybridized carbons (Fsp3) is 0.429. The van der Waals surface area contributed by atoms with Gasteiger partial charge in [0.1, 0.15) is 17.1 Å². The van der Waals surface area contributed by atoms with Gasteiger partial charge in [-0.05, 0) is 18.4 Å². The van der Waals surface area contributed by atoms with Gasteiger partial charge < -0.3 is 20.3 Å². The highest BCUT2D eigenvalue weighted by molar-refractivity contribution is 7.90. The maximum Gasteiger partial charge on any atom is 0.236 e. The normalized spacial score (nSPS) is 18.9. The standard InChI is InChI=1S/C21H24N6O4S2/c1-12-7-13(10-27(9-12)17(29)3-5-22)25-18-14-4-6-23-19(14)24-8-15(18)20-26-21(33(2,30)31)16(11-28)32-20/h4,6,8,12-13,28H,3,7,9-11H2,1-2H3,(H2,23,24,25)/t12-,13+/m0/s1. The molecule has 174 valence electrons. The molecule has 1 aliphatic rings. The van der Waals surface area contributed by atoms with Crippen molar-refractivity contribution in [3.63, 3.8) is 0 Å². The number of nitriles is 1. The van der Waals surface area contributed by atoms with E-state index in [1.54, 1.807) is 17.3 Å². The number of piperidine rings is 1. The van der Waals surface area contributed by atoms with Crippen LogP contribution >= 0.6 is 11.3 Å². The average Bonchev–Trinajstić information content (AvgIpc) is 3.40. The number of aliphatic hydroxyl groups excluding tert-OH is 1. The van der Waals surface area contributed by atoms with Crippen LogP contribution in [0.5, 0.6) is 0 Å². The lowest BCUT2D eigenvalue weighted by Gasteiger charge is -2.37. The molecule has 4 rings (SSSR count). The number of aromatic nitrogens is 3. The van der Waals surface area contributed by atoms with Crippen molar-refractivity contribution in [3.8, 4) is 16.6 Å². The fourth-order valence-electron chi connectivity index (χ4n) is 4.21. The Kier molecular flexibility index (Phi) is 6.38. The Hall–Kier alpha value is -3.01. The first kappa shape index (κ1) is 23.2. The summed E-state index contributed by atoms with van der Waals surface area (Å²) in [5, 5.41) is 23.2. The summed E-state index contributed by atoms with van der Waals surface area (Å²) < 4.78 is 24.3. The molecule has 0 spiro atoms. The van der Waals surface area contributed by atoms with Crippen LogP contribution in [0, 0.1) is 17.2 Å². The van der Waals surface area contributed by atoms with Gasteiger partial charge in [-0.2, -0.15) is 5.26 Å². The predicted octanol–water partition coefficient (Wildman–Crippen LogP) is 2.14. The van der Waals surface area contributed by atoms with Gasteiger partial charge in [-0.25, -0.2) is 18.4 Å². The molecule has 2 atom stereocenters. The van der Waals surface area contributed by atoms with Crippen LogP contribution in [0.3, 0.4) is 0 Å². The molecule has 3 aromatic heterocycles. The zero-order valence-corrected chi connectivity index (χ0v) is 19.8. The summed E-state index contributed by atoms with van der Waals surface area (Å²) in [6.07, 6.45) is 5.12. The lowest BCUT2D eigenvalue weighted by molar-refractivity contribution is -0.132. The largest absolute Gasteiger partial charge is 0.391 e. The molecule has 0 aliphatic carbocycles. The van der Waals surface area contributed by atoms with Gasteiger partial charge in [-0.1, -0.05) is 6.92 Å². The van der Waals surface area contributed by atoms with Gasteiger partial charge in [0.25, 0.3) is 0 Å². The highest BCUT2D eigenvalue weighted by atomic mass is 32.2. The average molecular weight is 489 g/mol. The number of amides is 1. The zero-order chi connectivity index (χ0) is 23.8. The van der Waals surface area contributed by atoms with Crippen molar-refractivity contribution >= 4 is 43.8 Å². The van der Waals surface area contributed by atoms with Crippen LogP contribution in [0.25, 0.3) is 21.6 Å². The molecule has 33 heavy (non-hydrogen) atoms. The van der Waals surface area contributed by atoms with Crippen molar-refractivity contribution in [2.24, 2.45) is 5.92 Å². The van der Waals surface area contributed by atoms with Crippen LogP contribution in [-0.4, -0.2) is 64.7 Å². The highest BCUT2D eigenvalue weighted by Gasteiger charge is 2.29. The number of aliphatic hydroxyl groups is 1. The number of thiazole rings is 1. The Bertz CT molecular complexity index is 1340. The van der Waals surface area contributed by atoms with E-state index in [2.05, 4.69) is 27.2 Å². The van der Waals surface area contributed by atoms with Crippen LogP contribution < -0.4 is 5.32 Å². The molecule has 1 fully saturated rings. The van der Waals surface area contributed by atoms with E-state index < -0.39 is 16.4 Å². The molecule has 0 bridgehead atoms.